The normalized spacial score (nSPS) is 12.8. The zero-order valence-corrected chi connectivity index (χ0v) is 15.6. The molecule has 1 rings (SSSR count). The van der Waals surface area contributed by atoms with Crippen molar-refractivity contribution in [1.82, 2.24) is 5.32 Å². The van der Waals surface area contributed by atoms with Crippen LogP contribution in [0.2, 0.25) is 0 Å². The van der Waals surface area contributed by atoms with Gasteiger partial charge in [0.2, 0.25) is 0 Å². The van der Waals surface area contributed by atoms with Crippen LogP contribution in [0.5, 0.6) is 5.75 Å². The molecule has 6 nitrogen and oxygen atoms in total. The Bertz CT molecular complexity index is 627. The van der Waals surface area contributed by atoms with E-state index < -0.39 is 24.0 Å². The van der Waals surface area contributed by atoms with Crippen molar-refractivity contribution < 1.29 is 19.1 Å². The first-order chi connectivity index (χ1) is 11.3. The number of carbonyl (C=O) groups is 2. The molecule has 1 N–H and O–H groups in total. The van der Waals surface area contributed by atoms with Crippen molar-refractivity contribution in [2.24, 2.45) is 5.92 Å². The molecule has 1 aromatic rings. The number of hydrogen-bond acceptors (Lipinski definition) is 5. The highest BCUT2D eigenvalue weighted by Gasteiger charge is 2.30. The van der Waals surface area contributed by atoms with Gasteiger partial charge in [-0.3, -0.25) is 9.59 Å². The van der Waals surface area contributed by atoms with E-state index in [4.69, 9.17) is 14.7 Å². The number of hydrogen-bond donors (Lipinski definition) is 1. The molecule has 0 saturated carbocycles. The van der Waals surface area contributed by atoms with Crippen LogP contribution < -0.4 is 10.1 Å². The van der Waals surface area contributed by atoms with Gasteiger partial charge in [0, 0.05) is 4.47 Å². The summed E-state index contributed by atoms with van der Waals surface area (Å²) in [6, 6.07) is 9.31. The Labute approximate surface area is 150 Å². The minimum absolute atomic E-state index is 0.0273. The molecule has 1 atom stereocenters. The largest absolute Gasteiger partial charge is 0.493 e. The third kappa shape index (κ3) is 6.59. The quantitative estimate of drug-likeness (QED) is 0.682. The van der Waals surface area contributed by atoms with Gasteiger partial charge in [-0.1, -0.05) is 35.8 Å². The van der Waals surface area contributed by atoms with Gasteiger partial charge < -0.3 is 14.8 Å². The second-order valence-corrected chi connectivity index (χ2v) is 6.65. The summed E-state index contributed by atoms with van der Waals surface area (Å²) in [5.41, 5.74) is -0.993. The van der Waals surface area contributed by atoms with Crippen LogP contribution >= 0.6 is 15.9 Å². The van der Waals surface area contributed by atoms with Crippen molar-refractivity contribution in [3.05, 3.63) is 28.7 Å². The minimum Gasteiger partial charge on any atom is -0.493 e. The molecule has 0 aliphatic carbocycles. The SMILES string of the molecule is CC(C)[C@](C)(C#N)NC(=O)COC(=O)CCOc1cccc(Br)c1. The molecular formula is C17H21BrN2O4. The van der Waals surface area contributed by atoms with E-state index in [-0.39, 0.29) is 18.9 Å². The lowest BCUT2D eigenvalue weighted by Gasteiger charge is -2.27. The number of nitrogens with one attached hydrogen (secondary N) is 1. The summed E-state index contributed by atoms with van der Waals surface area (Å²) in [5.74, 6) is -0.477. The van der Waals surface area contributed by atoms with Gasteiger partial charge in [0.25, 0.3) is 5.91 Å². The minimum atomic E-state index is -0.993. The highest BCUT2D eigenvalue weighted by molar-refractivity contribution is 9.10. The van der Waals surface area contributed by atoms with Gasteiger partial charge in [-0.2, -0.15) is 5.26 Å². The summed E-state index contributed by atoms with van der Waals surface area (Å²) in [6.07, 6.45) is 0.0273. The smallest absolute Gasteiger partial charge is 0.309 e. The van der Waals surface area contributed by atoms with Crippen LogP contribution in [-0.2, 0) is 14.3 Å². The maximum atomic E-state index is 11.8. The average Bonchev–Trinajstić information content (AvgIpc) is 2.52. The van der Waals surface area contributed by atoms with Crippen LogP contribution in [-0.4, -0.2) is 30.6 Å². The molecule has 0 aliphatic rings. The van der Waals surface area contributed by atoms with Crippen LogP contribution in [0.3, 0.4) is 0 Å². The molecule has 0 aromatic heterocycles. The third-order valence-corrected chi connectivity index (χ3v) is 4.01. The molecule has 7 heteroatoms. The second-order valence-electron chi connectivity index (χ2n) is 5.73. The Balaban J connectivity index is 2.31. The Kier molecular flexibility index (Phi) is 7.72. The van der Waals surface area contributed by atoms with Crippen molar-refractivity contribution in [2.75, 3.05) is 13.2 Å². The first-order valence-corrected chi connectivity index (χ1v) is 8.32. The van der Waals surface area contributed by atoms with Crippen LogP contribution in [0, 0.1) is 17.2 Å². The molecule has 130 valence electrons. The highest BCUT2D eigenvalue weighted by Crippen LogP contribution is 2.18. The average molecular weight is 397 g/mol. The van der Waals surface area contributed by atoms with Crippen molar-refractivity contribution in [1.29, 1.82) is 5.26 Å². The van der Waals surface area contributed by atoms with E-state index in [0.29, 0.717) is 5.75 Å². The van der Waals surface area contributed by atoms with E-state index >= 15 is 0 Å². The molecular weight excluding hydrogens is 376 g/mol. The van der Waals surface area contributed by atoms with Crippen LogP contribution in [0.1, 0.15) is 27.2 Å². The van der Waals surface area contributed by atoms with Crippen molar-refractivity contribution in [3.8, 4) is 11.8 Å². The third-order valence-electron chi connectivity index (χ3n) is 3.52. The number of nitrogens with zero attached hydrogens (tertiary/aromatic N) is 1. The lowest BCUT2D eigenvalue weighted by Crippen LogP contribution is -2.50. The fourth-order valence-electron chi connectivity index (χ4n) is 1.65. The van der Waals surface area contributed by atoms with Gasteiger partial charge >= 0.3 is 5.97 Å². The van der Waals surface area contributed by atoms with E-state index in [1.54, 1.807) is 19.1 Å². The van der Waals surface area contributed by atoms with E-state index in [1.165, 1.54) is 0 Å². The molecule has 0 aliphatic heterocycles. The number of ether oxygens (including phenoxy) is 2. The number of carbonyl (C=O) groups excluding carboxylic acids is 2. The zero-order chi connectivity index (χ0) is 18.2. The monoisotopic (exact) mass is 396 g/mol. The standard InChI is InChI=1S/C17H21BrN2O4/c1-12(2)17(3,11-19)20-15(21)10-24-16(22)7-8-23-14-6-4-5-13(18)9-14/h4-6,9,12H,7-8,10H2,1-3H3,(H,20,21)/t17-/m0/s1. The van der Waals surface area contributed by atoms with Crippen LogP contribution in [0.15, 0.2) is 28.7 Å². The first-order valence-electron chi connectivity index (χ1n) is 7.53. The maximum absolute atomic E-state index is 11.8. The number of benzene rings is 1. The number of esters is 1. The van der Waals surface area contributed by atoms with Gasteiger partial charge in [0.1, 0.15) is 11.3 Å². The Hall–Kier alpha value is -2.07. The molecule has 0 fully saturated rings. The van der Waals surface area contributed by atoms with Crippen molar-refractivity contribution in [2.45, 2.75) is 32.7 Å². The lowest BCUT2D eigenvalue weighted by molar-refractivity contribution is -0.149. The lowest BCUT2D eigenvalue weighted by atomic mass is 9.90. The fourth-order valence-corrected chi connectivity index (χ4v) is 2.03. The molecule has 0 unspecified atom stereocenters. The summed E-state index contributed by atoms with van der Waals surface area (Å²) in [4.78, 5) is 23.4. The number of amides is 1. The summed E-state index contributed by atoms with van der Waals surface area (Å²) in [5, 5.41) is 11.7. The van der Waals surface area contributed by atoms with Gasteiger partial charge in [0.05, 0.1) is 19.1 Å². The second kappa shape index (κ2) is 9.28. The fraction of sp³-hybridized carbons (Fsp3) is 0.471. The molecule has 0 radical (unpaired) electrons. The van der Waals surface area contributed by atoms with Gasteiger partial charge in [-0.25, -0.2) is 0 Å². The van der Waals surface area contributed by atoms with E-state index in [1.807, 2.05) is 26.0 Å². The number of halogens is 1. The zero-order valence-electron chi connectivity index (χ0n) is 14.0. The molecule has 0 bridgehead atoms. The summed E-state index contributed by atoms with van der Waals surface area (Å²) in [7, 11) is 0. The maximum Gasteiger partial charge on any atom is 0.309 e. The van der Waals surface area contributed by atoms with E-state index in [9.17, 15) is 9.59 Å². The number of nitriles is 1. The van der Waals surface area contributed by atoms with Crippen LogP contribution in [0.25, 0.3) is 0 Å². The van der Waals surface area contributed by atoms with Crippen LogP contribution in [0.4, 0.5) is 0 Å². The molecule has 24 heavy (non-hydrogen) atoms. The molecule has 0 heterocycles. The molecule has 0 saturated heterocycles. The topological polar surface area (TPSA) is 88.4 Å². The molecule has 0 spiro atoms. The molecule has 1 aromatic carbocycles. The summed E-state index contributed by atoms with van der Waals surface area (Å²) < 4.78 is 11.2. The van der Waals surface area contributed by atoms with E-state index in [2.05, 4.69) is 27.3 Å². The van der Waals surface area contributed by atoms with E-state index in [0.717, 1.165) is 4.47 Å². The Morgan fingerprint density at radius 3 is 2.71 bits per heavy atom. The summed E-state index contributed by atoms with van der Waals surface area (Å²) >= 11 is 3.32. The Morgan fingerprint density at radius 2 is 2.12 bits per heavy atom. The van der Waals surface area contributed by atoms with Crippen molar-refractivity contribution in [3.63, 3.8) is 0 Å². The Morgan fingerprint density at radius 1 is 1.42 bits per heavy atom. The first kappa shape index (κ1) is 20.0. The van der Waals surface area contributed by atoms with Gasteiger partial charge in [0.15, 0.2) is 6.61 Å². The summed E-state index contributed by atoms with van der Waals surface area (Å²) in [6.45, 7) is 5.02. The number of rotatable bonds is 8. The molecule has 1 amide bonds. The van der Waals surface area contributed by atoms with Gasteiger partial charge in [-0.05, 0) is 31.0 Å². The predicted octanol–water partition coefficient (Wildman–Crippen LogP) is 2.82. The van der Waals surface area contributed by atoms with Crippen molar-refractivity contribution >= 4 is 27.8 Å². The predicted molar refractivity (Wildman–Crippen MR) is 92.2 cm³/mol. The highest BCUT2D eigenvalue weighted by atomic mass is 79.9. The van der Waals surface area contributed by atoms with Gasteiger partial charge in [-0.15, -0.1) is 0 Å².